The molecule has 1 aromatic heterocycles. The zero-order chi connectivity index (χ0) is 26.5. The molecule has 1 fully saturated rings. The van der Waals surface area contributed by atoms with Gasteiger partial charge in [-0.25, -0.2) is 4.68 Å². The van der Waals surface area contributed by atoms with Gasteiger partial charge in [0.15, 0.2) is 0 Å². The van der Waals surface area contributed by atoms with Crippen molar-refractivity contribution in [1.29, 1.82) is 0 Å². The van der Waals surface area contributed by atoms with Crippen LogP contribution in [0.4, 0.5) is 5.69 Å². The topological polar surface area (TPSA) is 98.6 Å². The van der Waals surface area contributed by atoms with Crippen LogP contribution in [0, 0.1) is 0 Å². The van der Waals surface area contributed by atoms with Gasteiger partial charge < -0.3 is 14.8 Å². The molecule has 1 N–H and O–H groups in total. The molecule has 9 heteroatoms. The third-order valence-electron chi connectivity index (χ3n) is 6.95. The van der Waals surface area contributed by atoms with Gasteiger partial charge in [-0.3, -0.25) is 14.5 Å². The lowest BCUT2D eigenvalue weighted by Gasteiger charge is -2.33. The van der Waals surface area contributed by atoms with Crippen molar-refractivity contribution in [2.75, 3.05) is 19.1 Å². The lowest BCUT2D eigenvalue weighted by molar-refractivity contribution is -0.127. The average molecular weight is 514 g/mol. The Bertz CT molecular complexity index is 1420. The number of para-hydroxylation sites is 2. The molecule has 196 valence electrons. The Kier molecular flexibility index (Phi) is 7.53. The zero-order valence-electron chi connectivity index (χ0n) is 21.5. The number of amides is 2. The molecule has 1 atom stereocenters. The van der Waals surface area contributed by atoms with Crippen molar-refractivity contribution in [2.24, 2.45) is 0 Å². The van der Waals surface area contributed by atoms with Crippen molar-refractivity contribution in [3.8, 4) is 11.5 Å². The Morgan fingerprint density at radius 3 is 2.47 bits per heavy atom. The summed E-state index contributed by atoms with van der Waals surface area (Å²) >= 11 is 0. The number of anilines is 1. The van der Waals surface area contributed by atoms with Gasteiger partial charge >= 0.3 is 0 Å². The number of hydrogen-bond donors (Lipinski definition) is 1. The summed E-state index contributed by atoms with van der Waals surface area (Å²) in [6, 6.07) is 21.0. The van der Waals surface area contributed by atoms with E-state index in [0.717, 1.165) is 31.2 Å². The van der Waals surface area contributed by atoms with Gasteiger partial charge in [0.1, 0.15) is 29.6 Å². The Hall–Kier alpha value is -4.40. The van der Waals surface area contributed by atoms with E-state index in [1.165, 1.54) is 4.90 Å². The average Bonchev–Trinajstić information content (AvgIpc) is 3.62. The van der Waals surface area contributed by atoms with Gasteiger partial charge in [0.05, 0.1) is 19.7 Å². The molecule has 1 saturated carbocycles. The van der Waals surface area contributed by atoms with Crippen LogP contribution in [0.2, 0.25) is 0 Å². The minimum absolute atomic E-state index is 0.0706. The summed E-state index contributed by atoms with van der Waals surface area (Å²) in [7, 11) is 3.11. The summed E-state index contributed by atoms with van der Waals surface area (Å²) in [5.41, 5.74) is 2.58. The highest BCUT2D eigenvalue weighted by molar-refractivity contribution is 6.02. The van der Waals surface area contributed by atoms with Crippen molar-refractivity contribution in [3.05, 3.63) is 78.4 Å². The molecule has 0 radical (unpaired) electrons. The number of carbonyl (C=O) groups is 2. The van der Waals surface area contributed by atoms with E-state index in [9.17, 15) is 9.59 Å². The minimum atomic E-state index is -0.985. The van der Waals surface area contributed by atoms with Gasteiger partial charge in [0.2, 0.25) is 11.8 Å². The predicted octanol–water partition coefficient (Wildman–Crippen LogP) is 4.28. The molecule has 5 rings (SSSR count). The first-order chi connectivity index (χ1) is 18.6. The third kappa shape index (κ3) is 5.18. The smallest absolute Gasteiger partial charge is 0.249 e. The quantitative estimate of drug-likeness (QED) is 0.359. The van der Waals surface area contributed by atoms with Gasteiger partial charge in [-0.2, -0.15) is 0 Å². The molecule has 0 saturated heterocycles. The normalized spacial score (nSPS) is 14.3. The van der Waals surface area contributed by atoms with Gasteiger partial charge in [-0.1, -0.05) is 48.4 Å². The molecule has 0 bridgehead atoms. The van der Waals surface area contributed by atoms with Crippen LogP contribution in [0.15, 0.2) is 72.8 Å². The van der Waals surface area contributed by atoms with Crippen LogP contribution in [-0.2, 0) is 16.1 Å². The van der Waals surface area contributed by atoms with E-state index in [0.29, 0.717) is 28.3 Å². The molecule has 9 nitrogen and oxygen atoms in total. The number of methoxy groups -OCH3 is 2. The first-order valence-electron chi connectivity index (χ1n) is 12.8. The largest absolute Gasteiger partial charge is 0.497 e. The Morgan fingerprint density at radius 1 is 1.00 bits per heavy atom. The number of nitrogens with one attached hydrogen (secondary N) is 1. The summed E-state index contributed by atoms with van der Waals surface area (Å²) in [6.07, 6.45) is 3.98. The SMILES string of the molecule is COc1ccc([C@@H](C(=O)NC2CCCC2)N(C(=O)Cn2nnc3ccccc32)c2ccccc2)c(OC)c1. The van der Waals surface area contributed by atoms with Gasteiger partial charge in [0.25, 0.3) is 0 Å². The van der Waals surface area contributed by atoms with E-state index in [4.69, 9.17) is 9.47 Å². The second kappa shape index (κ2) is 11.3. The zero-order valence-corrected chi connectivity index (χ0v) is 21.5. The summed E-state index contributed by atoms with van der Waals surface area (Å²) in [6.45, 7) is -0.0961. The van der Waals surface area contributed by atoms with Crippen LogP contribution >= 0.6 is 0 Å². The van der Waals surface area contributed by atoms with Crippen LogP contribution in [0.25, 0.3) is 11.0 Å². The van der Waals surface area contributed by atoms with Gasteiger partial charge in [0, 0.05) is 23.4 Å². The third-order valence-corrected chi connectivity index (χ3v) is 6.95. The Labute approximate surface area is 221 Å². The minimum Gasteiger partial charge on any atom is -0.497 e. The van der Waals surface area contributed by atoms with Crippen molar-refractivity contribution in [3.63, 3.8) is 0 Å². The Morgan fingerprint density at radius 2 is 1.74 bits per heavy atom. The van der Waals surface area contributed by atoms with Crippen LogP contribution < -0.4 is 19.7 Å². The van der Waals surface area contributed by atoms with E-state index in [1.807, 2.05) is 54.6 Å². The molecule has 1 aliphatic rings. The van der Waals surface area contributed by atoms with Crippen molar-refractivity contribution >= 4 is 28.5 Å². The monoisotopic (exact) mass is 513 g/mol. The van der Waals surface area contributed by atoms with Gasteiger partial charge in [-0.05, 0) is 49.2 Å². The number of ether oxygens (including phenoxy) is 2. The predicted molar refractivity (Wildman–Crippen MR) is 144 cm³/mol. The number of fused-ring (bicyclic) bond motifs is 1. The Balaban J connectivity index is 1.60. The second-order valence-corrected chi connectivity index (χ2v) is 9.34. The molecule has 38 heavy (non-hydrogen) atoms. The number of aromatic nitrogens is 3. The van der Waals surface area contributed by atoms with E-state index < -0.39 is 6.04 Å². The molecule has 1 heterocycles. The fraction of sp³-hybridized carbons (Fsp3) is 0.310. The molecule has 0 unspecified atom stereocenters. The van der Waals surface area contributed by atoms with Crippen LogP contribution in [0.5, 0.6) is 11.5 Å². The first-order valence-corrected chi connectivity index (χ1v) is 12.8. The van der Waals surface area contributed by atoms with Crippen LogP contribution in [0.1, 0.15) is 37.3 Å². The summed E-state index contributed by atoms with van der Waals surface area (Å²) in [5, 5.41) is 11.6. The van der Waals surface area contributed by atoms with Crippen LogP contribution in [-0.4, -0.2) is 47.1 Å². The fourth-order valence-electron chi connectivity index (χ4n) is 5.06. The molecule has 1 aliphatic carbocycles. The molecular weight excluding hydrogens is 482 g/mol. The highest BCUT2D eigenvalue weighted by Gasteiger charge is 2.36. The maximum Gasteiger partial charge on any atom is 0.249 e. The highest BCUT2D eigenvalue weighted by Crippen LogP contribution is 2.36. The fourth-order valence-corrected chi connectivity index (χ4v) is 5.06. The maximum absolute atomic E-state index is 14.1. The van der Waals surface area contributed by atoms with Crippen molar-refractivity contribution < 1.29 is 19.1 Å². The number of benzene rings is 3. The maximum atomic E-state index is 14.1. The standard InChI is InChI=1S/C29H31N5O4/c1-37-22-16-17-23(26(18-22)38-2)28(29(36)30-20-10-6-7-11-20)34(21-12-4-3-5-13-21)27(35)19-33-25-15-9-8-14-24(25)31-32-33/h3-5,8-9,12-18,20,28H,6-7,10-11,19H2,1-2H3,(H,30,36)/t28-/m0/s1. The highest BCUT2D eigenvalue weighted by atomic mass is 16.5. The summed E-state index contributed by atoms with van der Waals surface area (Å²) in [5.74, 6) is 0.473. The van der Waals surface area contributed by atoms with Gasteiger partial charge in [-0.15, -0.1) is 5.10 Å². The number of carbonyl (C=O) groups excluding carboxylic acids is 2. The molecular formula is C29H31N5O4. The number of nitrogens with zero attached hydrogens (tertiary/aromatic N) is 4. The van der Waals surface area contributed by atoms with E-state index in [-0.39, 0.29) is 24.4 Å². The molecule has 3 aromatic carbocycles. The van der Waals surface area contributed by atoms with Crippen molar-refractivity contribution in [1.82, 2.24) is 20.3 Å². The van der Waals surface area contributed by atoms with E-state index in [1.54, 1.807) is 37.1 Å². The molecule has 4 aromatic rings. The van der Waals surface area contributed by atoms with Crippen molar-refractivity contribution in [2.45, 2.75) is 44.3 Å². The molecule has 0 spiro atoms. The number of hydrogen-bond acceptors (Lipinski definition) is 6. The lowest BCUT2D eigenvalue weighted by Crippen LogP contribution is -2.47. The van der Waals surface area contributed by atoms with E-state index >= 15 is 0 Å². The second-order valence-electron chi connectivity index (χ2n) is 9.34. The molecule has 2 amide bonds. The summed E-state index contributed by atoms with van der Waals surface area (Å²) < 4.78 is 12.6. The number of rotatable bonds is 9. The first kappa shape index (κ1) is 25.3. The lowest BCUT2D eigenvalue weighted by atomic mass is 10.0. The molecule has 0 aliphatic heterocycles. The van der Waals surface area contributed by atoms with Crippen LogP contribution in [0.3, 0.4) is 0 Å². The summed E-state index contributed by atoms with van der Waals surface area (Å²) in [4.78, 5) is 29.7. The van der Waals surface area contributed by atoms with E-state index in [2.05, 4.69) is 15.6 Å².